The summed E-state index contributed by atoms with van der Waals surface area (Å²) in [6.45, 7) is 6.24. The van der Waals surface area contributed by atoms with Crippen LogP contribution < -0.4 is 15.0 Å². The quantitative estimate of drug-likeness (QED) is 0.468. The van der Waals surface area contributed by atoms with E-state index in [1.54, 1.807) is 49.9 Å². The van der Waals surface area contributed by atoms with E-state index in [2.05, 4.69) is 5.32 Å². The molecule has 1 N–H and O–H groups in total. The van der Waals surface area contributed by atoms with Crippen molar-refractivity contribution in [3.63, 3.8) is 0 Å². The zero-order valence-corrected chi connectivity index (χ0v) is 20.8. The summed E-state index contributed by atoms with van der Waals surface area (Å²) in [4.78, 5) is 28.4. The predicted molar refractivity (Wildman–Crippen MR) is 137 cm³/mol. The standard InChI is InChI=1S/C29H31FN2O4/c1-29(2,3)36-28(34)31-26(22-7-5-4-6-8-22)27(33)32(17-15-20-9-12-23(30)13-10-20)24-14-11-21-16-18-35-25(21)19-24/h4-14,19,26H,15-18H2,1-3H3,(H,31,34)/t26-/m0/s1. The maximum Gasteiger partial charge on any atom is 0.408 e. The lowest BCUT2D eigenvalue weighted by atomic mass is 10.0. The molecule has 7 heteroatoms. The van der Waals surface area contributed by atoms with E-state index < -0.39 is 17.7 Å². The van der Waals surface area contributed by atoms with Crippen molar-refractivity contribution >= 4 is 17.7 Å². The second-order valence-electron chi connectivity index (χ2n) is 9.75. The lowest BCUT2D eigenvalue weighted by molar-refractivity contribution is -0.120. The van der Waals surface area contributed by atoms with Crippen molar-refractivity contribution in [3.8, 4) is 5.75 Å². The van der Waals surface area contributed by atoms with Crippen LogP contribution in [0.5, 0.6) is 5.75 Å². The van der Waals surface area contributed by atoms with Crippen LogP contribution in [-0.2, 0) is 22.4 Å². The van der Waals surface area contributed by atoms with Crippen LogP contribution in [-0.4, -0.2) is 30.8 Å². The van der Waals surface area contributed by atoms with Gasteiger partial charge in [0.25, 0.3) is 5.91 Å². The van der Waals surface area contributed by atoms with Crippen LogP contribution in [0.1, 0.15) is 43.5 Å². The van der Waals surface area contributed by atoms with Crippen molar-refractivity contribution in [2.75, 3.05) is 18.1 Å². The molecule has 1 atom stereocenters. The van der Waals surface area contributed by atoms with Gasteiger partial charge in [0.05, 0.1) is 6.61 Å². The third-order valence-electron chi connectivity index (χ3n) is 5.84. The van der Waals surface area contributed by atoms with Crippen LogP contribution in [0.2, 0.25) is 0 Å². The zero-order chi connectivity index (χ0) is 25.7. The van der Waals surface area contributed by atoms with E-state index in [4.69, 9.17) is 9.47 Å². The molecule has 4 rings (SSSR count). The molecule has 0 spiro atoms. The molecule has 36 heavy (non-hydrogen) atoms. The van der Waals surface area contributed by atoms with E-state index in [0.717, 1.165) is 23.3 Å². The Morgan fingerprint density at radius 2 is 1.78 bits per heavy atom. The number of rotatable bonds is 7. The number of carbonyl (C=O) groups is 2. The number of halogens is 1. The summed E-state index contributed by atoms with van der Waals surface area (Å²) in [7, 11) is 0. The number of carbonyl (C=O) groups excluding carboxylic acids is 2. The smallest absolute Gasteiger partial charge is 0.408 e. The highest BCUT2D eigenvalue weighted by Crippen LogP contribution is 2.32. The first-order chi connectivity index (χ1) is 17.2. The number of hydrogen-bond donors (Lipinski definition) is 1. The molecule has 0 radical (unpaired) electrons. The van der Waals surface area contributed by atoms with Gasteiger partial charge in [-0.25, -0.2) is 9.18 Å². The van der Waals surface area contributed by atoms with Crippen LogP contribution in [0.3, 0.4) is 0 Å². The van der Waals surface area contributed by atoms with Gasteiger partial charge in [-0.15, -0.1) is 0 Å². The summed E-state index contributed by atoms with van der Waals surface area (Å²) in [5.74, 6) is 0.128. The van der Waals surface area contributed by atoms with E-state index in [-0.39, 0.29) is 11.7 Å². The highest BCUT2D eigenvalue weighted by Gasteiger charge is 2.31. The molecular formula is C29H31FN2O4. The molecule has 3 aromatic carbocycles. The van der Waals surface area contributed by atoms with Crippen LogP contribution in [0.4, 0.5) is 14.9 Å². The van der Waals surface area contributed by atoms with Crippen LogP contribution in [0.25, 0.3) is 0 Å². The van der Waals surface area contributed by atoms with E-state index >= 15 is 0 Å². The number of fused-ring (bicyclic) bond motifs is 1. The van der Waals surface area contributed by atoms with Gasteiger partial charge in [0.15, 0.2) is 0 Å². The summed E-state index contributed by atoms with van der Waals surface area (Å²) < 4.78 is 24.6. The maximum atomic E-state index is 14.1. The molecule has 0 fully saturated rings. The van der Waals surface area contributed by atoms with Gasteiger partial charge >= 0.3 is 6.09 Å². The van der Waals surface area contributed by atoms with Gasteiger partial charge in [0.2, 0.25) is 0 Å². The summed E-state index contributed by atoms with van der Waals surface area (Å²) in [5.41, 5.74) is 2.57. The Bertz CT molecular complexity index is 1210. The third-order valence-corrected chi connectivity index (χ3v) is 5.84. The Kier molecular flexibility index (Phi) is 7.58. The first-order valence-electron chi connectivity index (χ1n) is 12.1. The lowest BCUT2D eigenvalue weighted by Crippen LogP contribution is -2.45. The number of anilines is 1. The van der Waals surface area contributed by atoms with Crippen molar-refractivity contribution in [3.05, 3.63) is 95.3 Å². The average Bonchev–Trinajstić information content (AvgIpc) is 3.31. The van der Waals surface area contributed by atoms with Crippen molar-refractivity contribution in [1.29, 1.82) is 0 Å². The van der Waals surface area contributed by atoms with Crippen LogP contribution in [0, 0.1) is 5.82 Å². The van der Waals surface area contributed by atoms with Crippen molar-refractivity contribution < 1.29 is 23.5 Å². The van der Waals surface area contributed by atoms with Crippen LogP contribution >= 0.6 is 0 Å². The maximum absolute atomic E-state index is 14.1. The number of nitrogens with zero attached hydrogens (tertiary/aromatic N) is 1. The molecule has 0 unspecified atom stereocenters. The van der Waals surface area contributed by atoms with Crippen LogP contribution in [0.15, 0.2) is 72.8 Å². The molecule has 6 nitrogen and oxygen atoms in total. The number of nitrogens with one attached hydrogen (secondary N) is 1. The van der Waals surface area contributed by atoms with Crippen molar-refractivity contribution in [1.82, 2.24) is 5.32 Å². The second-order valence-corrected chi connectivity index (χ2v) is 9.75. The number of benzene rings is 3. The van der Waals surface area contributed by atoms with E-state index in [9.17, 15) is 14.0 Å². The summed E-state index contributed by atoms with van der Waals surface area (Å²) in [5, 5.41) is 2.76. The summed E-state index contributed by atoms with van der Waals surface area (Å²) in [6.07, 6.45) is 0.643. The van der Waals surface area contributed by atoms with Gasteiger partial charge in [0, 0.05) is 24.7 Å². The minimum absolute atomic E-state index is 0.312. The molecule has 1 heterocycles. The highest BCUT2D eigenvalue weighted by atomic mass is 19.1. The van der Waals surface area contributed by atoms with Gasteiger partial charge < -0.3 is 19.7 Å². The summed E-state index contributed by atoms with van der Waals surface area (Å²) in [6, 6.07) is 20.1. The minimum Gasteiger partial charge on any atom is -0.493 e. The molecule has 1 aliphatic rings. The normalized spacial score (nSPS) is 13.3. The fourth-order valence-corrected chi connectivity index (χ4v) is 4.10. The molecule has 2 amide bonds. The Morgan fingerprint density at radius 3 is 2.47 bits per heavy atom. The van der Waals surface area contributed by atoms with Gasteiger partial charge in [-0.3, -0.25) is 4.79 Å². The SMILES string of the molecule is CC(C)(C)OC(=O)N[C@H](C(=O)N(CCc1ccc(F)cc1)c1ccc2c(c1)OCC2)c1ccccc1. The molecule has 0 saturated carbocycles. The second kappa shape index (κ2) is 10.8. The number of ether oxygens (including phenoxy) is 2. The molecule has 0 aliphatic carbocycles. The van der Waals surface area contributed by atoms with Gasteiger partial charge in [-0.05, 0) is 62.1 Å². The fourth-order valence-electron chi connectivity index (χ4n) is 4.10. The largest absolute Gasteiger partial charge is 0.493 e. The highest BCUT2D eigenvalue weighted by molar-refractivity contribution is 5.99. The molecule has 0 bridgehead atoms. The minimum atomic E-state index is -0.969. The van der Waals surface area contributed by atoms with Gasteiger partial charge in [0.1, 0.15) is 23.2 Å². The van der Waals surface area contributed by atoms with Crippen molar-refractivity contribution in [2.45, 2.75) is 45.3 Å². The number of amides is 2. The van der Waals surface area contributed by atoms with Gasteiger partial charge in [-0.1, -0.05) is 48.5 Å². The Balaban J connectivity index is 1.66. The first kappa shape index (κ1) is 25.2. The lowest BCUT2D eigenvalue weighted by Gasteiger charge is -2.29. The van der Waals surface area contributed by atoms with E-state index in [0.29, 0.717) is 30.8 Å². The van der Waals surface area contributed by atoms with E-state index in [1.165, 1.54) is 12.1 Å². The number of hydrogen-bond acceptors (Lipinski definition) is 4. The molecule has 0 saturated heterocycles. The topological polar surface area (TPSA) is 67.9 Å². The molecule has 3 aromatic rings. The Morgan fingerprint density at radius 1 is 1.06 bits per heavy atom. The summed E-state index contributed by atoms with van der Waals surface area (Å²) >= 11 is 0. The van der Waals surface area contributed by atoms with Crippen molar-refractivity contribution in [2.24, 2.45) is 0 Å². The van der Waals surface area contributed by atoms with E-state index in [1.807, 2.05) is 36.4 Å². The first-order valence-corrected chi connectivity index (χ1v) is 12.1. The number of alkyl carbamates (subject to hydrolysis) is 1. The molecule has 1 aliphatic heterocycles. The predicted octanol–water partition coefficient (Wildman–Crippen LogP) is 5.60. The third kappa shape index (κ3) is 6.42. The molecule has 0 aromatic heterocycles. The Hall–Kier alpha value is -3.87. The Labute approximate surface area is 211 Å². The average molecular weight is 491 g/mol. The molecular weight excluding hydrogens is 459 g/mol. The molecule has 188 valence electrons. The van der Waals surface area contributed by atoms with Gasteiger partial charge in [-0.2, -0.15) is 0 Å². The zero-order valence-electron chi connectivity index (χ0n) is 20.8. The fraction of sp³-hybridized carbons (Fsp3) is 0.310. The monoisotopic (exact) mass is 490 g/mol.